The summed E-state index contributed by atoms with van der Waals surface area (Å²) in [5, 5.41) is 14.8. The number of anilines is 1. The van der Waals surface area contributed by atoms with Gasteiger partial charge in [0.2, 0.25) is 5.95 Å². The van der Waals surface area contributed by atoms with E-state index in [1.807, 2.05) is 0 Å². The van der Waals surface area contributed by atoms with Gasteiger partial charge < -0.3 is 10.4 Å². The molecule has 0 fully saturated rings. The molecular formula is C12H8F3N5O2. The highest BCUT2D eigenvalue weighted by molar-refractivity contribution is 5.90. The summed E-state index contributed by atoms with van der Waals surface area (Å²) in [4.78, 5) is 18.3. The number of aliphatic carboxylic acids is 1. The van der Waals surface area contributed by atoms with Crippen LogP contribution in [0.3, 0.4) is 0 Å². The summed E-state index contributed by atoms with van der Waals surface area (Å²) in [7, 11) is 0. The first-order valence-electron chi connectivity index (χ1n) is 6.02. The second-order valence-corrected chi connectivity index (χ2v) is 4.44. The average molecular weight is 311 g/mol. The zero-order chi connectivity index (χ0) is 15.9. The molecule has 2 aromatic rings. The van der Waals surface area contributed by atoms with Crippen LogP contribution in [0, 0.1) is 0 Å². The molecule has 7 nitrogen and oxygen atoms in total. The molecule has 3 heterocycles. The van der Waals surface area contributed by atoms with Gasteiger partial charge in [-0.3, -0.25) is 4.98 Å². The van der Waals surface area contributed by atoms with Gasteiger partial charge in [0.15, 0.2) is 0 Å². The number of hydrogen-bond donors (Lipinski definition) is 2. The van der Waals surface area contributed by atoms with Crippen LogP contribution in [0.25, 0.3) is 0 Å². The highest BCUT2D eigenvalue weighted by atomic mass is 19.4. The molecule has 1 aliphatic heterocycles. The number of halogens is 3. The van der Waals surface area contributed by atoms with Gasteiger partial charge in [0.05, 0.1) is 0 Å². The van der Waals surface area contributed by atoms with Crippen molar-refractivity contribution in [3.63, 3.8) is 0 Å². The summed E-state index contributed by atoms with van der Waals surface area (Å²) in [6.45, 7) is 0. The zero-order valence-electron chi connectivity index (χ0n) is 10.7. The lowest BCUT2D eigenvalue weighted by Gasteiger charge is -2.22. The Labute approximate surface area is 121 Å². The van der Waals surface area contributed by atoms with Crippen molar-refractivity contribution in [2.45, 2.75) is 12.2 Å². The first kappa shape index (κ1) is 14.0. The Kier molecular flexibility index (Phi) is 3.08. The van der Waals surface area contributed by atoms with E-state index in [0.717, 1.165) is 4.68 Å². The molecule has 0 saturated heterocycles. The van der Waals surface area contributed by atoms with Crippen molar-refractivity contribution in [2.24, 2.45) is 0 Å². The molecule has 0 unspecified atom stereocenters. The molecule has 114 valence electrons. The quantitative estimate of drug-likeness (QED) is 0.876. The fraction of sp³-hybridized carbons (Fsp3) is 0.167. The van der Waals surface area contributed by atoms with Crippen LogP contribution in [0.5, 0.6) is 0 Å². The maximum absolute atomic E-state index is 12.8. The third-order valence-corrected chi connectivity index (χ3v) is 3.00. The molecule has 0 aromatic carbocycles. The van der Waals surface area contributed by atoms with Crippen LogP contribution < -0.4 is 5.32 Å². The standard InChI is InChI=1S/C12H8F3N5O2/c13-12(14,15)10-18-11-17-7(9(21)22)5-8(20(11)19-10)6-1-3-16-4-2-6/h1-5,8H,(H,21,22)(H,17,18,19)/t8-/m1/s1. The number of pyridine rings is 1. The summed E-state index contributed by atoms with van der Waals surface area (Å²) in [6.07, 6.45) is -0.558. The normalized spacial score (nSPS) is 17.4. The molecule has 0 aliphatic carbocycles. The van der Waals surface area contributed by atoms with Gasteiger partial charge in [-0.1, -0.05) is 0 Å². The highest BCUT2D eigenvalue weighted by Gasteiger charge is 2.39. The minimum atomic E-state index is -4.72. The minimum Gasteiger partial charge on any atom is -0.477 e. The molecule has 3 rings (SSSR count). The van der Waals surface area contributed by atoms with Gasteiger partial charge in [-0.05, 0) is 23.8 Å². The second-order valence-electron chi connectivity index (χ2n) is 4.44. The third kappa shape index (κ3) is 2.38. The van der Waals surface area contributed by atoms with Crippen molar-refractivity contribution in [3.8, 4) is 0 Å². The number of nitrogens with zero attached hydrogens (tertiary/aromatic N) is 4. The maximum atomic E-state index is 12.8. The Balaban J connectivity index is 2.13. The number of rotatable bonds is 2. The van der Waals surface area contributed by atoms with Crippen molar-refractivity contribution >= 4 is 11.9 Å². The van der Waals surface area contributed by atoms with E-state index in [9.17, 15) is 18.0 Å². The van der Waals surface area contributed by atoms with E-state index < -0.39 is 24.0 Å². The van der Waals surface area contributed by atoms with Crippen LogP contribution in [0.2, 0.25) is 0 Å². The molecular weight excluding hydrogens is 303 g/mol. The van der Waals surface area contributed by atoms with Gasteiger partial charge in [-0.15, -0.1) is 5.10 Å². The SMILES string of the molecule is O=C(O)C1=C[C@H](c2ccncc2)n2nc(C(F)(F)F)nc2N1. The number of carboxylic acid groups (broad SMARTS) is 1. The van der Waals surface area contributed by atoms with Crippen molar-refractivity contribution in [1.29, 1.82) is 0 Å². The smallest absolute Gasteiger partial charge is 0.453 e. The lowest BCUT2D eigenvalue weighted by molar-refractivity contribution is -0.145. The van der Waals surface area contributed by atoms with Crippen LogP contribution >= 0.6 is 0 Å². The molecule has 2 N–H and O–H groups in total. The number of aromatic nitrogens is 4. The fourth-order valence-corrected chi connectivity index (χ4v) is 2.04. The number of fused-ring (bicyclic) bond motifs is 1. The maximum Gasteiger partial charge on any atom is 0.453 e. The molecule has 22 heavy (non-hydrogen) atoms. The van der Waals surface area contributed by atoms with E-state index in [-0.39, 0.29) is 11.6 Å². The Hall–Kier alpha value is -2.91. The van der Waals surface area contributed by atoms with Gasteiger partial charge in [-0.2, -0.15) is 18.2 Å². The van der Waals surface area contributed by atoms with Crippen molar-refractivity contribution in [1.82, 2.24) is 19.7 Å². The van der Waals surface area contributed by atoms with E-state index in [1.54, 1.807) is 12.1 Å². The Morgan fingerprint density at radius 1 is 1.32 bits per heavy atom. The van der Waals surface area contributed by atoms with E-state index in [1.165, 1.54) is 18.5 Å². The molecule has 0 amide bonds. The summed E-state index contributed by atoms with van der Waals surface area (Å²) < 4.78 is 39.2. The molecule has 0 saturated carbocycles. The lowest BCUT2D eigenvalue weighted by Crippen LogP contribution is -2.24. The van der Waals surface area contributed by atoms with Crippen molar-refractivity contribution < 1.29 is 23.1 Å². The largest absolute Gasteiger partial charge is 0.477 e. The Morgan fingerprint density at radius 3 is 2.59 bits per heavy atom. The molecule has 1 atom stereocenters. The van der Waals surface area contributed by atoms with Crippen LogP contribution in [0.1, 0.15) is 17.4 Å². The van der Waals surface area contributed by atoms with E-state index in [0.29, 0.717) is 5.56 Å². The average Bonchev–Trinajstić information content (AvgIpc) is 2.91. The number of hydrogen-bond acceptors (Lipinski definition) is 5. The van der Waals surface area contributed by atoms with Crippen LogP contribution in [-0.4, -0.2) is 30.8 Å². The Bertz CT molecular complexity index is 754. The van der Waals surface area contributed by atoms with Gasteiger partial charge in [0.25, 0.3) is 5.82 Å². The number of alkyl halides is 3. The first-order chi connectivity index (χ1) is 10.4. The predicted octanol–water partition coefficient (Wildman–Crippen LogP) is 1.68. The van der Waals surface area contributed by atoms with Crippen molar-refractivity contribution in [3.05, 3.63) is 47.7 Å². The predicted molar refractivity (Wildman–Crippen MR) is 66.7 cm³/mol. The molecule has 10 heteroatoms. The Morgan fingerprint density at radius 2 is 2.00 bits per heavy atom. The number of allylic oxidation sites excluding steroid dienone is 1. The van der Waals surface area contributed by atoms with Gasteiger partial charge in [-0.25, -0.2) is 9.48 Å². The molecule has 0 radical (unpaired) electrons. The third-order valence-electron chi connectivity index (χ3n) is 3.00. The fourth-order valence-electron chi connectivity index (χ4n) is 2.04. The van der Waals surface area contributed by atoms with Crippen LogP contribution in [0.15, 0.2) is 36.3 Å². The monoisotopic (exact) mass is 311 g/mol. The first-order valence-corrected chi connectivity index (χ1v) is 6.02. The summed E-state index contributed by atoms with van der Waals surface area (Å²) in [5.74, 6) is -2.93. The molecule has 2 aromatic heterocycles. The van der Waals surface area contributed by atoms with E-state index in [4.69, 9.17) is 5.11 Å². The van der Waals surface area contributed by atoms with Crippen LogP contribution in [0.4, 0.5) is 19.1 Å². The van der Waals surface area contributed by atoms with E-state index >= 15 is 0 Å². The van der Waals surface area contributed by atoms with Crippen molar-refractivity contribution in [2.75, 3.05) is 5.32 Å². The van der Waals surface area contributed by atoms with Crippen LogP contribution in [-0.2, 0) is 11.0 Å². The lowest BCUT2D eigenvalue weighted by atomic mass is 10.1. The molecule has 0 spiro atoms. The van der Waals surface area contributed by atoms with Gasteiger partial charge >= 0.3 is 12.1 Å². The topological polar surface area (TPSA) is 92.9 Å². The summed E-state index contributed by atoms with van der Waals surface area (Å²) in [5.41, 5.74) is 0.269. The molecule has 1 aliphatic rings. The second kappa shape index (κ2) is 4.83. The number of carbonyl (C=O) groups is 1. The number of nitrogens with one attached hydrogen (secondary N) is 1. The van der Waals surface area contributed by atoms with E-state index in [2.05, 4.69) is 20.4 Å². The van der Waals surface area contributed by atoms with Gasteiger partial charge in [0.1, 0.15) is 11.7 Å². The summed E-state index contributed by atoms with van der Waals surface area (Å²) >= 11 is 0. The minimum absolute atomic E-state index is 0.268. The molecule has 0 bridgehead atoms. The zero-order valence-corrected chi connectivity index (χ0v) is 10.7. The summed E-state index contributed by atoms with van der Waals surface area (Å²) in [6, 6.07) is 2.30. The highest BCUT2D eigenvalue weighted by Crippen LogP contribution is 2.33. The van der Waals surface area contributed by atoms with Gasteiger partial charge in [0, 0.05) is 12.4 Å². The number of carboxylic acids is 1.